The summed E-state index contributed by atoms with van der Waals surface area (Å²) in [7, 11) is 0. The molecule has 0 saturated carbocycles. The van der Waals surface area contributed by atoms with E-state index in [0.29, 0.717) is 34.1 Å². The van der Waals surface area contributed by atoms with Crippen molar-refractivity contribution in [2.75, 3.05) is 0 Å². The van der Waals surface area contributed by atoms with Crippen LogP contribution in [-0.2, 0) is 6.61 Å². The Morgan fingerprint density at radius 1 is 0.853 bits per heavy atom. The third-order valence-corrected chi connectivity index (χ3v) is 5.58. The van der Waals surface area contributed by atoms with Crippen molar-refractivity contribution in [2.24, 2.45) is 5.10 Å². The highest BCUT2D eigenvalue weighted by Crippen LogP contribution is 2.21. The minimum absolute atomic E-state index is 0.236. The Bertz CT molecular complexity index is 1530. The van der Waals surface area contributed by atoms with Crippen LogP contribution in [0.3, 0.4) is 0 Å². The molecule has 34 heavy (non-hydrogen) atoms. The first-order valence-electron chi connectivity index (χ1n) is 10.8. The molecule has 0 aliphatic carbocycles. The van der Waals surface area contributed by atoms with Gasteiger partial charge in [0.2, 0.25) is 0 Å². The maximum atomic E-state index is 13.3. The molecule has 5 rings (SSSR count). The van der Waals surface area contributed by atoms with Crippen molar-refractivity contribution in [1.29, 1.82) is 0 Å². The molecule has 0 saturated heterocycles. The van der Waals surface area contributed by atoms with Crippen LogP contribution < -0.4 is 10.3 Å². The van der Waals surface area contributed by atoms with E-state index in [4.69, 9.17) is 21.3 Å². The van der Waals surface area contributed by atoms with Crippen molar-refractivity contribution in [2.45, 2.75) is 6.61 Å². The van der Waals surface area contributed by atoms with Crippen LogP contribution in [0, 0.1) is 0 Å². The topological polar surface area (TPSA) is 56.5 Å². The van der Waals surface area contributed by atoms with E-state index in [2.05, 4.69) is 5.10 Å². The Kier molecular flexibility index (Phi) is 6.19. The Balaban J connectivity index is 1.53. The lowest BCUT2D eigenvalue weighted by molar-refractivity contribution is 0.306. The summed E-state index contributed by atoms with van der Waals surface area (Å²) >= 11 is 5.97. The Labute approximate surface area is 201 Å². The summed E-state index contributed by atoms with van der Waals surface area (Å²) in [5.74, 6) is 1.13. The van der Waals surface area contributed by atoms with Crippen LogP contribution in [0.5, 0.6) is 5.75 Å². The predicted molar refractivity (Wildman–Crippen MR) is 137 cm³/mol. The van der Waals surface area contributed by atoms with Gasteiger partial charge in [-0.2, -0.15) is 9.78 Å². The number of hydrogen-bond acceptors (Lipinski definition) is 4. The number of para-hydroxylation sites is 2. The molecule has 0 radical (unpaired) electrons. The van der Waals surface area contributed by atoms with Crippen molar-refractivity contribution >= 4 is 28.7 Å². The molecule has 0 spiro atoms. The molecule has 0 N–H and O–H groups in total. The van der Waals surface area contributed by atoms with Gasteiger partial charge >= 0.3 is 0 Å². The number of rotatable bonds is 6. The first kappa shape index (κ1) is 21.6. The van der Waals surface area contributed by atoms with Crippen LogP contribution in [0.1, 0.15) is 11.1 Å². The second kappa shape index (κ2) is 9.73. The predicted octanol–water partition coefficient (Wildman–Crippen LogP) is 6.18. The normalized spacial score (nSPS) is 11.2. The molecule has 5 aromatic rings. The van der Waals surface area contributed by atoms with Gasteiger partial charge in [-0.15, -0.1) is 0 Å². The van der Waals surface area contributed by atoms with Crippen LogP contribution in [-0.4, -0.2) is 15.9 Å². The van der Waals surface area contributed by atoms with Gasteiger partial charge in [0, 0.05) is 16.1 Å². The summed E-state index contributed by atoms with van der Waals surface area (Å²) in [6, 6.07) is 31.9. The zero-order valence-corrected chi connectivity index (χ0v) is 18.9. The summed E-state index contributed by atoms with van der Waals surface area (Å²) in [6.07, 6.45) is 1.63. The molecule has 0 bridgehead atoms. The average molecular weight is 466 g/mol. The molecular formula is C28H20ClN3O2. The van der Waals surface area contributed by atoms with Gasteiger partial charge in [-0.25, -0.2) is 4.98 Å². The lowest BCUT2D eigenvalue weighted by Gasteiger charge is -2.11. The van der Waals surface area contributed by atoms with Gasteiger partial charge in [0.05, 0.1) is 17.1 Å². The fourth-order valence-corrected chi connectivity index (χ4v) is 3.71. The lowest BCUT2D eigenvalue weighted by Crippen LogP contribution is -2.20. The summed E-state index contributed by atoms with van der Waals surface area (Å²) < 4.78 is 7.37. The van der Waals surface area contributed by atoms with Crippen molar-refractivity contribution in [3.8, 4) is 17.1 Å². The third-order valence-electron chi connectivity index (χ3n) is 5.32. The molecule has 4 aromatic carbocycles. The number of fused-ring (bicyclic) bond motifs is 1. The molecule has 0 unspecified atom stereocenters. The minimum Gasteiger partial charge on any atom is -0.488 e. The van der Waals surface area contributed by atoms with Crippen LogP contribution >= 0.6 is 11.6 Å². The summed E-state index contributed by atoms with van der Waals surface area (Å²) in [5.41, 5.74) is 2.94. The summed E-state index contributed by atoms with van der Waals surface area (Å²) in [4.78, 5) is 18.1. The smallest absolute Gasteiger partial charge is 0.282 e. The van der Waals surface area contributed by atoms with Crippen molar-refractivity contribution < 1.29 is 4.74 Å². The van der Waals surface area contributed by atoms with E-state index in [0.717, 1.165) is 16.7 Å². The highest BCUT2D eigenvalue weighted by Gasteiger charge is 2.12. The van der Waals surface area contributed by atoms with Gasteiger partial charge in [0.15, 0.2) is 5.82 Å². The van der Waals surface area contributed by atoms with E-state index in [1.54, 1.807) is 12.3 Å². The van der Waals surface area contributed by atoms with E-state index >= 15 is 0 Å². The molecule has 1 heterocycles. The van der Waals surface area contributed by atoms with Crippen LogP contribution in [0.15, 0.2) is 113 Å². The third kappa shape index (κ3) is 4.60. The van der Waals surface area contributed by atoms with Crippen LogP contribution in [0.4, 0.5) is 0 Å². The number of nitrogens with zero attached hydrogens (tertiary/aromatic N) is 3. The molecule has 0 amide bonds. The highest BCUT2D eigenvalue weighted by molar-refractivity contribution is 6.30. The number of hydrogen-bond donors (Lipinski definition) is 0. The fourth-order valence-electron chi connectivity index (χ4n) is 3.59. The lowest BCUT2D eigenvalue weighted by atomic mass is 10.2. The highest BCUT2D eigenvalue weighted by atomic mass is 35.5. The Morgan fingerprint density at radius 2 is 1.56 bits per heavy atom. The second-order valence-corrected chi connectivity index (χ2v) is 8.07. The molecule has 0 aliphatic heterocycles. The minimum atomic E-state index is -0.236. The Morgan fingerprint density at radius 3 is 2.38 bits per heavy atom. The monoisotopic (exact) mass is 465 g/mol. The molecular weight excluding hydrogens is 446 g/mol. The Hall–Kier alpha value is -4.22. The number of benzene rings is 4. The SMILES string of the molecule is O=c1c2ccccc2nc(-c2ccccc2)n1N=Cc1ccccc1OCc1ccc(Cl)cc1. The number of ether oxygens (including phenoxy) is 1. The van der Waals surface area contributed by atoms with Gasteiger partial charge in [-0.1, -0.05) is 78.3 Å². The number of aromatic nitrogens is 2. The molecule has 0 atom stereocenters. The second-order valence-electron chi connectivity index (χ2n) is 7.63. The average Bonchev–Trinajstić information content (AvgIpc) is 2.89. The van der Waals surface area contributed by atoms with E-state index in [1.165, 1.54) is 4.68 Å². The molecule has 0 aliphatic rings. The standard InChI is InChI=1S/C28H20ClN3O2/c29-23-16-14-20(15-17-23)19-34-26-13-7-4-10-22(26)18-30-32-27(21-8-2-1-3-9-21)31-25-12-6-5-11-24(25)28(32)33/h1-18H,19H2. The molecule has 166 valence electrons. The fraction of sp³-hybridized carbons (Fsp3) is 0.0357. The van der Waals surface area contributed by atoms with Gasteiger partial charge < -0.3 is 4.74 Å². The van der Waals surface area contributed by atoms with Crippen molar-refractivity contribution in [1.82, 2.24) is 9.66 Å². The van der Waals surface area contributed by atoms with Gasteiger partial charge in [-0.05, 0) is 42.0 Å². The number of halogens is 1. The van der Waals surface area contributed by atoms with Gasteiger partial charge in [0.25, 0.3) is 5.56 Å². The van der Waals surface area contributed by atoms with Gasteiger partial charge in [-0.3, -0.25) is 4.79 Å². The molecule has 5 nitrogen and oxygen atoms in total. The maximum Gasteiger partial charge on any atom is 0.282 e. The van der Waals surface area contributed by atoms with E-state index < -0.39 is 0 Å². The van der Waals surface area contributed by atoms with Crippen LogP contribution in [0.2, 0.25) is 5.02 Å². The summed E-state index contributed by atoms with van der Waals surface area (Å²) in [5, 5.41) is 5.74. The van der Waals surface area contributed by atoms with Crippen molar-refractivity contribution in [3.05, 3.63) is 130 Å². The zero-order valence-electron chi connectivity index (χ0n) is 18.1. The quantitative estimate of drug-likeness (QED) is 0.281. The summed E-state index contributed by atoms with van der Waals surface area (Å²) in [6.45, 7) is 0.384. The molecule has 6 heteroatoms. The first-order chi connectivity index (χ1) is 16.7. The maximum absolute atomic E-state index is 13.3. The van der Waals surface area contributed by atoms with Crippen LogP contribution in [0.25, 0.3) is 22.3 Å². The largest absolute Gasteiger partial charge is 0.488 e. The van der Waals surface area contributed by atoms with E-state index in [9.17, 15) is 4.79 Å². The van der Waals surface area contributed by atoms with Gasteiger partial charge in [0.1, 0.15) is 12.4 Å². The molecule has 1 aromatic heterocycles. The molecule has 0 fully saturated rings. The van der Waals surface area contributed by atoms with E-state index in [-0.39, 0.29) is 5.56 Å². The first-order valence-corrected chi connectivity index (χ1v) is 11.1. The van der Waals surface area contributed by atoms with E-state index in [1.807, 2.05) is 97.1 Å². The zero-order chi connectivity index (χ0) is 23.3. The van der Waals surface area contributed by atoms with Crippen molar-refractivity contribution in [3.63, 3.8) is 0 Å².